The van der Waals surface area contributed by atoms with Gasteiger partial charge in [-0.1, -0.05) is 6.58 Å². The van der Waals surface area contributed by atoms with E-state index in [2.05, 4.69) is 11.9 Å². The highest BCUT2D eigenvalue weighted by atomic mass is 16.7. The zero-order valence-corrected chi connectivity index (χ0v) is 15.8. The lowest BCUT2D eigenvalue weighted by atomic mass is 10.3. The van der Waals surface area contributed by atoms with Gasteiger partial charge in [0.2, 0.25) is 6.79 Å². The number of morpholine rings is 1. The molecule has 1 saturated heterocycles. The third-order valence-corrected chi connectivity index (χ3v) is 4.17. The summed E-state index contributed by atoms with van der Waals surface area (Å²) in [5.74, 6) is 1.52. The van der Waals surface area contributed by atoms with E-state index in [0.717, 1.165) is 0 Å². The predicted molar refractivity (Wildman–Crippen MR) is 98.5 cm³/mol. The maximum Gasteiger partial charge on any atom is 0.333 e. The molecular formula is C19H24N2O7. The molecule has 152 valence electrons. The number of esters is 1. The number of fused-ring (bicyclic) bond motifs is 1. The van der Waals surface area contributed by atoms with Gasteiger partial charge in [-0.25, -0.2) is 9.59 Å². The second-order valence-electron chi connectivity index (χ2n) is 6.41. The SMILES string of the molecule is C=C(C)C(=O)OCCNC(=O)N1CCOC(COc2ccc3c(c2)OCO3)C1. The van der Waals surface area contributed by atoms with Crippen LogP contribution in [0.2, 0.25) is 0 Å². The summed E-state index contributed by atoms with van der Waals surface area (Å²) in [5.41, 5.74) is 0.324. The minimum absolute atomic E-state index is 0.0957. The fraction of sp³-hybridized carbons (Fsp3) is 0.474. The fourth-order valence-corrected chi connectivity index (χ4v) is 2.70. The first kappa shape index (κ1) is 19.8. The monoisotopic (exact) mass is 392 g/mol. The van der Waals surface area contributed by atoms with Gasteiger partial charge in [0.15, 0.2) is 11.5 Å². The summed E-state index contributed by atoms with van der Waals surface area (Å²) in [6, 6.07) is 5.12. The Morgan fingerprint density at radius 2 is 2.14 bits per heavy atom. The maximum absolute atomic E-state index is 12.3. The number of benzene rings is 1. The molecule has 0 bridgehead atoms. The molecule has 1 fully saturated rings. The summed E-state index contributed by atoms with van der Waals surface area (Å²) >= 11 is 0. The summed E-state index contributed by atoms with van der Waals surface area (Å²) in [5, 5.41) is 2.72. The van der Waals surface area contributed by atoms with E-state index in [1.165, 1.54) is 0 Å². The number of carbonyl (C=O) groups excluding carboxylic acids is 2. The number of hydrogen-bond acceptors (Lipinski definition) is 7. The van der Waals surface area contributed by atoms with Crippen LogP contribution in [0.25, 0.3) is 0 Å². The van der Waals surface area contributed by atoms with Crippen molar-refractivity contribution in [2.45, 2.75) is 13.0 Å². The molecule has 2 aliphatic rings. The molecule has 1 atom stereocenters. The third kappa shape index (κ3) is 5.29. The summed E-state index contributed by atoms with van der Waals surface area (Å²) < 4.78 is 27.0. The van der Waals surface area contributed by atoms with Gasteiger partial charge < -0.3 is 33.9 Å². The van der Waals surface area contributed by atoms with Crippen LogP contribution in [0.1, 0.15) is 6.92 Å². The summed E-state index contributed by atoms with van der Waals surface area (Å²) in [6.07, 6.45) is -0.244. The highest BCUT2D eigenvalue weighted by Crippen LogP contribution is 2.35. The molecule has 2 amide bonds. The topological polar surface area (TPSA) is 95.6 Å². The Morgan fingerprint density at radius 3 is 2.96 bits per heavy atom. The Balaban J connectivity index is 1.39. The van der Waals surface area contributed by atoms with Gasteiger partial charge in [-0.15, -0.1) is 0 Å². The molecule has 1 aromatic carbocycles. The molecule has 0 radical (unpaired) electrons. The molecule has 0 aliphatic carbocycles. The Labute approximate surface area is 163 Å². The molecule has 1 N–H and O–H groups in total. The van der Waals surface area contributed by atoms with Crippen LogP contribution in [-0.2, 0) is 14.3 Å². The van der Waals surface area contributed by atoms with Crippen LogP contribution >= 0.6 is 0 Å². The Hall–Kier alpha value is -2.94. The lowest BCUT2D eigenvalue weighted by Crippen LogP contribution is -2.51. The van der Waals surface area contributed by atoms with E-state index in [1.807, 2.05) is 0 Å². The van der Waals surface area contributed by atoms with Crippen molar-refractivity contribution in [3.8, 4) is 17.2 Å². The molecule has 0 saturated carbocycles. The Kier molecular flexibility index (Phi) is 6.59. The van der Waals surface area contributed by atoms with Crippen molar-refractivity contribution < 1.29 is 33.3 Å². The van der Waals surface area contributed by atoms with Gasteiger partial charge in [-0.05, 0) is 19.1 Å². The molecule has 2 aliphatic heterocycles. The van der Waals surface area contributed by atoms with Crippen molar-refractivity contribution in [2.24, 2.45) is 0 Å². The van der Waals surface area contributed by atoms with Gasteiger partial charge in [-0.3, -0.25) is 0 Å². The quantitative estimate of drug-likeness (QED) is 0.425. The zero-order valence-electron chi connectivity index (χ0n) is 15.8. The first-order valence-electron chi connectivity index (χ1n) is 9.02. The van der Waals surface area contributed by atoms with Crippen molar-refractivity contribution in [3.63, 3.8) is 0 Å². The van der Waals surface area contributed by atoms with E-state index >= 15 is 0 Å². The highest BCUT2D eigenvalue weighted by molar-refractivity contribution is 5.86. The van der Waals surface area contributed by atoms with Gasteiger partial charge in [0.05, 0.1) is 19.7 Å². The summed E-state index contributed by atoms with van der Waals surface area (Å²) in [6.45, 7) is 7.22. The highest BCUT2D eigenvalue weighted by Gasteiger charge is 2.25. The van der Waals surface area contributed by atoms with Crippen LogP contribution < -0.4 is 19.5 Å². The number of nitrogens with zero attached hydrogens (tertiary/aromatic N) is 1. The van der Waals surface area contributed by atoms with Gasteiger partial charge in [0.1, 0.15) is 25.1 Å². The molecule has 2 heterocycles. The second-order valence-corrected chi connectivity index (χ2v) is 6.41. The van der Waals surface area contributed by atoms with Crippen molar-refractivity contribution in [3.05, 3.63) is 30.4 Å². The molecule has 1 unspecified atom stereocenters. The van der Waals surface area contributed by atoms with Crippen LogP contribution in [0, 0.1) is 0 Å². The van der Waals surface area contributed by atoms with Crippen molar-refractivity contribution in [1.29, 1.82) is 0 Å². The number of rotatable bonds is 7. The second kappa shape index (κ2) is 9.32. The largest absolute Gasteiger partial charge is 0.491 e. The van der Waals surface area contributed by atoms with Gasteiger partial charge in [0, 0.05) is 18.2 Å². The van der Waals surface area contributed by atoms with E-state index in [9.17, 15) is 9.59 Å². The van der Waals surface area contributed by atoms with Crippen molar-refractivity contribution >= 4 is 12.0 Å². The minimum atomic E-state index is -0.471. The smallest absolute Gasteiger partial charge is 0.333 e. The van der Waals surface area contributed by atoms with E-state index in [1.54, 1.807) is 30.0 Å². The number of ether oxygens (including phenoxy) is 5. The molecule has 9 nitrogen and oxygen atoms in total. The molecule has 0 aromatic heterocycles. The van der Waals surface area contributed by atoms with Gasteiger partial charge >= 0.3 is 12.0 Å². The number of nitrogens with one attached hydrogen (secondary N) is 1. The van der Waals surface area contributed by atoms with Crippen LogP contribution in [0.5, 0.6) is 17.2 Å². The van der Waals surface area contributed by atoms with E-state index in [0.29, 0.717) is 49.1 Å². The van der Waals surface area contributed by atoms with Crippen LogP contribution in [0.15, 0.2) is 30.4 Å². The maximum atomic E-state index is 12.3. The third-order valence-electron chi connectivity index (χ3n) is 4.17. The van der Waals surface area contributed by atoms with Crippen LogP contribution in [-0.4, -0.2) is 69.3 Å². The normalized spacial score (nSPS) is 17.8. The van der Waals surface area contributed by atoms with E-state index in [-0.39, 0.29) is 32.1 Å². The van der Waals surface area contributed by atoms with Gasteiger partial charge in [0.25, 0.3) is 0 Å². The Morgan fingerprint density at radius 1 is 1.32 bits per heavy atom. The van der Waals surface area contributed by atoms with E-state index in [4.69, 9.17) is 23.7 Å². The number of hydrogen-bond donors (Lipinski definition) is 1. The lowest BCUT2D eigenvalue weighted by Gasteiger charge is -2.32. The molecule has 1 aromatic rings. The predicted octanol–water partition coefficient (Wildman–Crippen LogP) is 1.32. The number of carbonyl (C=O) groups is 2. The average molecular weight is 392 g/mol. The van der Waals surface area contributed by atoms with Gasteiger partial charge in [-0.2, -0.15) is 0 Å². The van der Waals surface area contributed by atoms with Crippen LogP contribution in [0.3, 0.4) is 0 Å². The number of urea groups is 1. The Bertz CT molecular complexity index is 737. The average Bonchev–Trinajstić information content (AvgIpc) is 3.17. The van der Waals surface area contributed by atoms with E-state index < -0.39 is 5.97 Å². The number of amides is 2. The molecular weight excluding hydrogens is 368 g/mol. The molecule has 28 heavy (non-hydrogen) atoms. The van der Waals surface area contributed by atoms with Crippen molar-refractivity contribution in [1.82, 2.24) is 10.2 Å². The molecule has 9 heteroatoms. The molecule has 0 spiro atoms. The minimum Gasteiger partial charge on any atom is -0.491 e. The summed E-state index contributed by atoms with van der Waals surface area (Å²) in [4.78, 5) is 25.2. The van der Waals surface area contributed by atoms with Crippen molar-refractivity contribution in [2.75, 3.05) is 46.2 Å². The fourth-order valence-electron chi connectivity index (χ4n) is 2.70. The first-order valence-corrected chi connectivity index (χ1v) is 9.02. The standard InChI is InChI=1S/C19H24N2O7/c1-13(2)18(22)25-7-5-20-19(23)21-6-8-24-15(10-21)11-26-14-3-4-16-17(9-14)28-12-27-16/h3-4,9,15H,1,5-8,10-12H2,2H3,(H,20,23). The first-order chi connectivity index (χ1) is 13.5. The summed E-state index contributed by atoms with van der Waals surface area (Å²) in [7, 11) is 0. The van der Waals surface area contributed by atoms with Crippen LogP contribution in [0.4, 0.5) is 4.79 Å². The lowest BCUT2D eigenvalue weighted by molar-refractivity contribution is -0.138. The molecule has 3 rings (SSSR count). The zero-order chi connectivity index (χ0) is 19.9.